The minimum absolute atomic E-state index is 0.168. The zero-order chi connectivity index (χ0) is 12.1. The van der Waals surface area contributed by atoms with Gasteiger partial charge in [-0.3, -0.25) is 4.79 Å². The van der Waals surface area contributed by atoms with Crippen LogP contribution in [-0.2, 0) is 11.2 Å². The maximum absolute atomic E-state index is 11.2. The standard InChI is InChI=1S/C11H14Cl2N2O/c1-7(14)11(16)15-6-5-8-3-2-4-9(12)10(8)13/h2-4,7H,5-6,14H2,1H3,(H,15,16)/t7-/m1/s1. The highest BCUT2D eigenvalue weighted by Gasteiger charge is 2.07. The van der Waals surface area contributed by atoms with E-state index in [1.807, 2.05) is 12.1 Å². The summed E-state index contributed by atoms with van der Waals surface area (Å²) in [5, 5.41) is 3.78. The summed E-state index contributed by atoms with van der Waals surface area (Å²) < 4.78 is 0. The van der Waals surface area contributed by atoms with Gasteiger partial charge in [-0.2, -0.15) is 0 Å². The zero-order valence-electron chi connectivity index (χ0n) is 8.97. The largest absolute Gasteiger partial charge is 0.354 e. The van der Waals surface area contributed by atoms with Crippen molar-refractivity contribution in [3.8, 4) is 0 Å². The van der Waals surface area contributed by atoms with Crippen LogP contribution in [0.4, 0.5) is 0 Å². The van der Waals surface area contributed by atoms with E-state index in [1.54, 1.807) is 13.0 Å². The smallest absolute Gasteiger partial charge is 0.236 e. The van der Waals surface area contributed by atoms with Crippen molar-refractivity contribution >= 4 is 29.1 Å². The number of benzene rings is 1. The van der Waals surface area contributed by atoms with Crippen LogP contribution >= 0.6 is 23.2 Å². The molecule has 0 spiro atoms. The summed E-state index contributed by atoms with van der Waals surface area (Å²) in [7, 11) is 0. The molecule has 0 aliphatic heterocycles. The first kappa shape index (κ1) is 13.3. The van der Waals surface area contributed by atoms with Gasteiger partial charge in [0.05, 0.1) is 16.1 Å². The second-order valence-electron chi connectivity index (χ2n) is 3.54. The summed E-state index contributed by atoms with van der Waals surface area (Å²) in [6, 6.07) is 4.95. The second-order valence-corrected chi connectivity index (χ2v) is 4.33. The van der Waals surface area contributed by atoms with Crippen LogP contribution in [0.25, 0.3) is 0 Å². The fourth-order valence-corrected chi connectivity index (χ4v) is 1.64. The molecular formula is C11H14Cl2N2O. The van der Waals surface area contributed by atoms with Gasteiger partial charge in [0.15, 0.2) is 0 Å². The van der Waals surface area contributed by atoms with Crippen molar-refractivity contribution in [3.63, 3.8) is 0 Å². The molecule has 1 amide bonds. The number of carbonyl (C=O) groups is 1. The van der Waals surface area contributed by atoms with Crippen molar-refractivity contribution in [2.75, 3.05) is 6.54 Å². The third-order valence-corrected chi connectivity index (χ3v) is 3.00. The maximum Gasteiger partial charge on any atom is 0.236 e. The molecule has 16 heavy (non-hydrogen) atoms. The highest BCUT2D eigenvalue weighted by Crippen LogP contribution is 2.25. The number of amides is 1. The average molecular weight is 261 g/mol. The van der Waals surface area contributed by atoms with Gasteiger partial charge in [0, 0.05) is 6.54 Å². The minimum atomic E-state index is -0.491. The Kier molecular flexibility index (Phi) is 5.06. The van der Waals surface area contributed by atoms with Crippen molar-refractivity contribution in [3.05, 3.63) is 33.8 Å². The Labute approximate surface area is 105 Å². The minimum Gasteiger partial charge on any atom is -0.354 e. The second kappa shape index (κ2) is 6.09. The fraction of sp³-hybridized carbons (Fsp3) is 0.364. The molecule has 1 rings (SSSR count). The topological polar surface area (TPSA) is 55.1 Å². The van der Waals surface area contributed by atoms with E-state index in [9.17, 15) is 4.79 Å². The highest BCUT2D eigenvalue weighted by atomic mass is 35.5. The van der Waals surface area contributed by atoms with Crippen LogP contribution in [0.15, 0.2) is 18.2 Å². The van der Waals surface area contributed by atoms with Crippen LogP contribution in [0.5, 0.6) is 0 Å². The molecule has 0 radical (unpaired) electrons. The highest BCUT2D eigenvalue weighted by molar-refractivity contribution is 6.42. The Morgan fingerprint density at radius 1 is 1.50 bits per heavy atom. The summed E-state index contributed by atoms with van der Waals surface area (Å²) >= 11 is 11.9. The van der Waals surface area contributed by atoms with Crippen LogP contribution in [0.1, 0.15) is 12.5 Å². The van der Waals surface area contributed by atoms with Crippen LogP contribution in [0.2, 0.25) is 10.0 Å². The van der Waals surface area contributed by atoms with Gasteiger partial charge in [0.25, 0.3) is 0 Å². The Hall–Kier alpha value is -0.770. The third kappa shape index (κ3) is 3.67. The van der Waals surface area contributed by atoms with Crippen molar-refractivity contribution in [2.24, 2.45) is 5.73 Å². The fourth-order valence-electron chi connectivity index (χ4n) is 1.22. The van der Waals surface area contributed by atoms with Gasteiger partial charge in [-0.25, -0.2) is 0 Å². The molecule has 0 heterocycles. The van der Waals surface area contributed by atoms with E-state index in [4.69, 9.17) is 28.9 Å². The van der Waals surface area contributed by atoms with E-state index in [1.165, 1.54) is 0 Å². The van der Waals surface area contributed by atoms with Crippen LogP contribution < -0.4 is 11.1 Å². The van der Waals surface area contributed by atoms with Crippen molar-refractivity contribution in [1.82, 2.24) is 5.32 Å². The molecule has 1 aromatic carbocycles. The molecule has 0 aliphatic carbocycles. The molecule has 0 aliphatic rings. The van der Waals surface area contributed by atoms with Gasteiger partial charge in [-0.05, 0) is 25.0 Å². The van der Waals surface area contributed by atoms with Gasteiger partial charge in [-0.15, -0.1) is 0 Å². The van der Waals surface area contributed by atoms with Gasteiger partial charge < -0.3 is 11.1 Å². The third-order valence-electron chi connectivity index (χ3n) is 2.14. The van der Waals surface area contributed by atoms with E-state index in [-0.39, 0.29) is 5.91 Å². The number of nitrogens with two attached hydrogens (primary N) is 1. The van der Waals surface area contributed by atoms with Crippen molar-refractivity contribution in [1.29, 1.82) is 0 Å². The van der Waals surface area contributed by atoms with Crippen molar-refractivity contribution in [2.45, 2.75) is 19.4 Å². The maximum atomic E-state index is 11.2. The molecular weight excluding hydrogens is 247 g/mol. The molecule has 0 saturated carbocycles. The Balaban J connectivity index is 2.49. The van der Waals surface area contributed by atoms with Crippen molar-refractivity contribution < 1.29 is 4.79 Å². The molecule has 0 bridgehead atoms. The predicted octanol–water partition coefficient (Wildman–Crippen LogP) is 2.00. The SMILES string of the molecule is C[C@@H](N)C(=O)NCCc1cccc(Cl)c1Cl. The van der Waals surface area contributed by atoms with Gasteiger partial charge in [-0.1, -0.05) is 35.3 Å². The first-order chi connectivity index (χ1) is 7.52. The number of rotatable bonds is 4. The van der Waals surface area contributed by atoms with Crippen LogP contribution in [0.3, 0.4) is 0 Å². The molecule has 1 atom stereocenters. The Bertz CT molecular complexity index is 380. The molecule has 88 valence electrons. The Morgan fingerprint density at radius 2 is 2.19 bits per heavy atom. The first-order valence-corrected chi connectivity index (χ1v) is 5.74. The predicted molar refractivity (Wildman–Crippen MR) is 66.8 cm³/mol. The molecule has 1 aromatic rings. The van der Waals surface area contributed by atoms with E-state index in [0.717, 1.165) is 5.56 Å². The van der Waals surface area contributed by atoms with Crippen LogP contribution in [-0.4, -0.2) is 18.5 Å². The monoisotopic (exact) mass is 260 g/mol. The molecule has 0 fully saturated rings. The summed E-state index contributed by atoms with van der Waals surface area (Å²) in [6.07, 6.45) is 0.637. The average Bonchev–Trinajstić information content (AvgIpc) is 2.24. The summed E-state index contributed by atoms with van der Waals surface area (Å²) in [5.41, 5.74) is 6.33. The quantitative estimate of drug-likeness (QED) is 0.870. The van der Waals surface area contributed by atoms with Crippen LogP contribution in [0, 0.1) is 0 Å². The lowest BCUT2D eigenvalue weighted by Gasteiger charge is -2.09. The summed E-state index contributed by atoms with van der Waals surface area (Å²) in [4.78, 5) is 11.2. The Morgan fingerprint density at radius 3 is 2.81 bits per heavy atom. The summed E-state index contributed by atoms with van der Waals surface area (Å²) in [6.45, 7) is 2.14. The number of carbonyl (C=O) groups excluding carboxylic acids is 1. The first-order valence-electron chi connectivity index (χ1n) is 4.98. The lowest BCUT2D eigenvalue weighted by molar-refractivity contribution is -0.121. The van der Waals surface area contributed by atoms with Gasteiger partial charge in [0.1, 0.15) is 0 Å². The molecule has 3 N–H and O–H groups in total. The van der Waals surface area contributed by atoms with Gasteiger partial charge in [0.2, 0.25) is 5.91 Å². The summed E-state index contributed by atoms with van der Waals surface area (Å²) in [5.74, 6) is -0.168. The number of hydrogen-bond acceptors (Lipinski definition) is 2. The molecule has 0 saturated heterocycles. The normalized spacial score (nSPS) is 12.2. The zero-order valence-corrected chi connectivity index (χ0v) is 10.5. The number of nitrogens with one attached hydrogen (secondary N) is 1. The number of hydrogen-bond donors (Lipinski definition) is 2. The lowest BCUT2D eigenvalue weighted by atomic mass is 10.1. The number of halogens is 2. The molecule has 5 heteroatoms. The molecule has 0 unspecified atom stereocenters. The molecule has 3 nitrogen and oxygen atoms in total. The van der Waals surface area contributed by atoms with E-state index < -0.39 is 6.04 Å². The lowest BCUT2D eigenvalue weighted by Crippen LogP contribution is -2.39. The molecule has 0 aromatic heterocycles. The van der Waals surface area contributed by atoms with E-state index in [0.29, 0.717) is 23.0 Å². The van der Waals surface area contributed by atoms with Gasteiger partial charge >= 0.3 is 0 Å². The van der Waals surface area contributed by atoms with E-state index >= 15 is 0 Å². The van der Waals surface area contributed by atoms with E-state index in [2.05, 4.69) is 5.32 Å².